The van der Waals surface area contributed by atoms with Crippen LogP contribution in [0.2, 0.25) is 0 Å². The number of guanidine groups is 1. The van der Waals surface area contributed by atoms with Crippen LogP contribution in [-0.4, -0.2) is 50.7 Å². The standard InChI is InChI=1S/C21H36N4O/c1-4-15-26-20-16-18(2)9-10-19(20)17-24-21(22-3)23-11-5-6-12-25-13-7-8-14-25/h9-10,16H,4-8,11-15,17H2,1-3H3,(H2,22,23,24). The molecule has 0 atom stereocenters. The molecule has 0 radical (unpaired) electrons. The molecule has 1 aliphatic heterocycles. The second-order valence-electron chi connectivity index (χ2n) is 7.07. The Labute approximate surface area is 159 Å². The number of hydrogen-bond donors (Lipinski definition) is 2. The monoisotopic (exact) mass is 360 g/mol. The van der Waals surface area contributed by atoms with Gasteiger partial charge >= 0.3 is 0 Å². The van der Waals surface area contributed by atoms with Crippen LogP contribution in [0.25, 0.3) is 0 Å². The Bertz CT molecular complexity index is 553. The molecule has 1 aromatic carbocycles. The molecule has 1 aliphatic rings. The first kappa shape index (κ1) is 20.6. The Morgan fingerprint density at radius 3 is 2.73 bits per heavy atom. The second-order valence-corrected chi connectivity index (χ2v) is 7.07. The van der Waals surface area contributed by atoms with Crippen molar-refractivity contribution in [2.45, 2.75) is 52.5 Å². The number of aryl methyl sites for hydroxylation is 1. The van der Waals surface area contributed by atoms with E-state index in [1.165, 1.54) is 56.4 Å². The highest BCUT2D eigenvalue weighted by molar-refractivity contribution is 5.79. The lowest BCUT2D eigenvalue weighted by Gasteiger charge is -2.16. The van der Waals surface area contributed by atoms with Crippen LogP contribution in [0.3, 0.4) is 0 Å². The second kappa shape index (κ2) is 11.8. The zero-order chi connectivity index (χ0) is 18.6. The van der Waals surface area contributed by atoms with Gasteiger partial charge in [0.05, 0.1) is 6.61 Å². The molecule has 1 saturated heterocycles. The van der Waals surface area contributed by atoms with Crippen LogP contribution in [0.1, 0.15) is 50.2 Å². The van der Waals surface area contributed by atoms with Gasteiger partial charge in [-0.2, -0.15) is 0 Å². The van der Waals surface area contributed by atoms with Gasteiger partial charge in [-0.3, -0.25) is 4.99 Å². The normalized spacial score (nSPS) is 15.3. The third-order valence-corrected chi connectivity index (χ3v) is 4.75. The summed E-state index contributed by atoms with van der Waals surface area (Å²) in [6.07, 6.45) is 6.18. The van der Waals surface area contributed by atoms with E-state index in [0.29, 0.717) is 6.54 Å². The molecule has 1 heterocycles. The van der Waals surface area contributed by atoms with Crippen molar-refractivity contribution in [3.05, 3.63) is 29.3 Å². The molecule has 0 amide bonds. The highest BCUT2D eigenvalue weighted by atomic mass is 16.5. The molecular weight excluding hydrogens is 324 g/mol. The number of unbranched alkanes of at least 4 members (excludes halogenated alkanes) is 1. The zero-order valence-electron chi connectivity index (χ0n) is 16.8. The van der Waals surface area contributed by atoms with E-state index < -0.39 is 0 Å². The highest BCUT2D eigenvalue weighted by Gasteiger charge is 2.10. The lowest BCUT2D eigenvalue weighted by molar-refractivity contribution is 0.313. The summed E-state index contributed by atoms with van der Waals surface area (Å²) < 4.78 is 5.89. The van der Waals surface area contributed by atoms with Crippen LogP contribution in [0.4, 0.5) is 0 Å². The minimum Gasteiger partial charge on any atom is -0.493 e. The van der Waals surface area contributed by atoms with Gasteiger partial charge < -0.3 is 20.3 Å². The van der Waals surface area contributed by atoms with Crippen LogP contribution >= 0.6 is 0 Å². The first-order valence-corrected chi connectivity index (χ1v) is 10.1. The van der Waals surface area contributed by atoms with E-state index in [1.54, 1.807) is 0 Å². The van der Waals surface area contributed by atoms with Gasteiger partial charge in [-0.05, 0) is 70.3 Å². The number of nitrogens with one attached hydrogen (secondary N) is 2. The van der Waals surface area contributed by atoms with Gasteiger partial charge in [0, 0.05) is 25.7 Å². The predicted octanol–water partition coefficient (Wildman–Crippen LogP) is 3.32. The molecule has 0 aromatic heterocycles. The molecule has 0 spiro atoms. The Morgan fingerprint density at radius 2 is 2.00 bits per heavy atom. The van der Waals surface area contributed by atoms with Gasteiger partial charge in [0.25, 0.3) is 0 Å². The molecular formula is C21H36N4O. The molecule has 1 fully saturated rings. The molecule has 5 heteroatoms. The highest BCUT2D eigenvalue weighted by Crippen LogP contribution is 2.20. The van der Waals surface area contributed by atoms with E-state index in [-0.39, 0.29) is 0 Å². The Kier molecular flexibility index (Phi) is 9.32. The number of benzene rings is 1. The SMILES string of the molecule is CCCOc1cc(C)ccc1CNC(=NC)NCCCCN1CCCC1. The molecule has 2 N–H and O–H groups in total. The average molecular weight is 361 g/mol. The summed E-state index contributed by atoms with van der Waals surface area (Å²) in [5, 5.41) is 6.82. The van der Waals surface area contributed by atoms with Crippen LogP contribution in [-0.2, 0) is 6.54 Å². The van der Waals surface area contributed by atoms with Gasteiger partial charge in [-0.25, -0.2) is 0 Å². The van der Waals surface area contributed by atoms with Gasteiger partial charge in [-0.1, -0.05) is 19.1 Å². The lowest BCUT2D eigenvalue weighted by atomic mass is 10.1. The van der Waals surface area contributed by atoms with Crippen molar-refractivity contribution in [2.24, 2.45) is 4.99 Å². The summed E-state index contributed by atoms with van der Waals surface area (Å²) in [5.41, 5.74) is 2.39. The minimum absolute atomic E-state index is 0.715. The number of hydrogen-bond acceptors (Lipinski definition) is 3. The molecule has 0 bridgehead atoms. The average Bonchev–Trinajstić information content (AvgIpc) is 3.16. The van der Waals surface area contributed by atoms with Crippen LogP contribution < -0.4 is 15.4 Å². The first-order valence-electron chi connectivity index (χ1n) is 10.1. The van der Waals surface area contributed by atoms with Crippen molar-refractivity contribution >= 4 is 5.96 Å². The fourth-order valence-corrected chi connectivity index (χ4v) is 3.23. The topological polar surface area (TPSA) is 48.9 Å². The maximum atomic E-state index is 5.89. The summed E-state index contributed by atoms with van der Waals surface area (Å²) in [5.74, 6) is 1.83. The molecule has 0 saturated carbocycles. The van der Waals surface area contributed by atoms with Crippen LogP contribution in [0.15, 0.2) is 23.2 Å². The number of aliphatic imine (C=N–C) groups is 1. The molecule has 2 rings (SSSR count). The smallest absolute Gasteiger partial charge is 0.191 e. The Morgan fingerprint density at radius 1 is 1.19 bits per heavy atom. The van der Waals surface area contributed by atoms with E-state index in [2.05, 4.69) is 52.6 Å². The summed E-state index contributed by atoms with van der Waals surface area (Å²) >= 11 is 0. The first-order chi connectivity index (χ1) is 12.7. The predicted molar refractivity (Wildman–Crippen MR) is 110 cm³/mol. The largest absolute Gasteiger partial charge is 0.493 e. The molecule has 146 valence electrons. The molecule has 0 aliphatic carbocycles. The molecule has 1 aromatic rings. The van der Waals surface area contributed by atoms with E-state index in [4.69, 9.17) is 4.74 Å². The maximum Gasteiger partial charge on any atom is 0.191 e. The van der Waals surface area contributed by atoms with Crippen molar-refractivity contribution < 1.29 is 4.74 Å². The van der Waals surface area contributed by atoms with Crippen molar-refractivity contribution in [1.29, 1.82) is 0 Å². The number of likely N-dealkylation sites (tertiary alicyclic amines) is 1. The Balaban J connectivity index is 1.70. The van der Waals surface area contributed by atoms with Gasteiger partial charge in [-0.15, -0.1) is 0 Å². The fraction of sp³-hybridized carbons (Fsp3) is 0.667. The quantitative estimate of drug-likeness (QED) is 0.382. The van der Waals surface area contributed by atoms with Gasteiger partial charge in [0.15, 0.2) is 5.96 Å². The zero-order valence-corrected chi connectivity index (χ0v) is 16.8. The molecule has 0 unspecified atom stereocenters. The third kappa shape index (κ3) is 7.24. The van der Waals surface area contributed by atoms with Crippen molar-refractivity contribution in [3.63, 3.8) is 0 Å². The van der Waals surface area contributed by atoms with E-state index in [0.717, 1.165) is 31.3 Å². The van der Waals surface area contributed by atoms with Crippen molar-refractivity contribution in [2.75, 3.05) is 39.8 Å². The van der Waals surface area contributed by atoms with E-state index in [1.807, 2.05) is 7.05 Å². The summed E-state index contributed by atoms with van der Waals surface area (Å²) in [4.78, 5) is 6.90. The van der Waals surface area contributed by atoms with Crippen LogP contribution in [0, 0.1) is 6.92 Å². The molecule has 26 heavy (non-hydrogen) atoms. The maximum absolute atomic E-state index is 5.89. The summed E-state index contributed by atoms with van der Waals surface area (Å²) in [7, 11) is 1.82. The summed E-state index contributed by atoms with van der Waals surface area (Å²) in [6.45, 7) is 10.5. The van der Waals surface area contributed by atoms with Gasteiger partial charge in [0.2, 0.25) is 0 Å². The van der Waals surface area contributed by atoms with E-state index in [9.17, 15) is 0 Å². The molecule has 5 nitrogen and oxygen atoms in total. The minimum atomic E-state index is 0.715. The Hall–Kier alpha value is -1.75. The van der Waals surface area contributed by atoms with Crippen molar-refractivity contribution in [1.82, 2.24) is 15.5 Å². The number of ether oxygens (including phenoxy) is 1. The van der Waals surface area contributed by atoms with Gasteiger partial charge in [0.1, 0.15) is 5.75 Å². The summed E-state index contributed by atoms with van der Waals surface area (Å²) in [6, 6.07) is 6.38. The third-order valence-electron chi connectivity index (χ3n) is 4.75. The van der Waals surface area contributed by atoms with Crippen molar-refractivity contribution in [3.8, 4) is 5.75 Å². The fourth-order valence-electron chi connectivity index (χ4n) is 3.23. The van der Waals surface area contributed by atoms with E-state index >= 15 is 0 Å². The lowest BCUT2D eigenvalue weighted by Crippen LogP contribution is -2.37. The van der Waals surface area contributed by atoms with Crippen LogP contribution in [0.5, 0.6) is 5.75 Å². The number of rotatable bonds is 10. The number of nitrogens with zero attached hydrogens (tertiary/aromatic N) is 2.